The van der Waals surface area contributed by atoms with Crippen LogP contribution in [0.3, 0.4) is 0 Å². The van der Waals surface area contributed by atoms with Crippen LogP contribution in [-0.4, -0.2) is 38.4 Å². The molecule has 12 heteroatoms. The number of nitrogens with two attached hydrogens (primary N) is 1. The third-order valence-electron chi connectivity index (χ3n) is 2.95. The molecular formula is C12H12BrN3O5S3. The van der Waals surface area contributed by atoms with Crippen molar-refractivity contribution >= 4 is 53.0 Å². The maximum absolute atomic E-state index is 12.6. The van der Waals surface area contributed by atoms with Crippen molar-refractivity contribution < 1.29 is 21.6 Å². The van der Waals surface area contributed by atoms with Gasteiger partial charge in [0.1, 0.15) is 9.77 Å². The summed E-state index contributed by atoms with van der Waals surface area (Å²) in [4.78, 5) is 15.4. The highest BCUT2D eigenvalue weighted by molar-refractivity contribution is 9.11. The van der Waals surface area contributed by atoms with E-state index in [4.69, 9.17) is 5.84 Å². The van der Waals surface area contributed by atoms with E-state index in [1.54, 1.807) is 0 Å². The van der Waals surface area contributed by atoms with E-state index >= 15 is 0 Å². The Morgan fingerprint density at radius 1 is 1.21 bits per heavy atom. The minimum Gasteiger partial charge on any atom is -0.265 e. The van der Waals surface area contributed by atoms with Crippen LogP contribution in [0.1, 0.15) is 15.4 Å². The second-order valence-electron chi connectivity index (χ2n) is 4.71. The van der Waals surface area contributed by atoms with Gasteiger partial charge in [0.25, 0.3) is 15.9 Å². The van der Waals surface area contributed by atoms with E-state index < -0.39 is 35.6 Å². The van der Waals surface area contributed by atoms with Gasteiger partial charge in [0.2, 0.25) is 0 Å². The first-order chi connectivity index (χ1) is 11.0. The zero-order valence-corrected chi connectivity index (χ0v) is 16.5. The summed E-state index contributed by atoms with van der Waals surface area (Å²) in [5, 5.41) is 0. The molecule has 0 unspecified atom stereocenters. The fraction of sp³-hybridized carbons (Fsp3) is 0.167. The number of carbonyl (C=O) groups is 1. The molecule has 130 valence electrons. The molecule has 2 aromatic rings. The molecule has 0 spiro atoms. The number of halogens is 1. The number of benzene rings is 1. The van der Waals surface area contributed by atoms with Crippen LogP contribution in [0.2, 0.25) is 0 Å². The van der Waals surface area contributed by atoms with E-state index in [-0.39, 0.29) is 9.29 Å². The number of aryl methyl sites for hydroxylation is 1. The van der Waals surface area contributed by atoms with Crippen LogP contribution in [0.25, 0.3) is 0 Å². The highest BCUT2D eigenvalue weighted by Gasteiger charge is 2.33. The summed E-state index contributed by atoms with van der Waals surface area (Å²) >= 11 is 4.02. The number of carbonyl (C=O) groups excluding carboxylic acids is 1. The van der Waals surface area contributed by atoms with Crippen LogP contribution in [0, 0.1) is 6.92 Å². The zero-order valence-electron chi connectivity index (χ0n) is 12.4. The number of amides is 1. The Kier molecular flexibility index (Phi) is 5.16. The van der Waals surface area contributed by atoms with Gasteiger partial charge in [-0.05, 0) is 35.0 Å². The predicted octanol–water partition coefficient (Wildman–Crippen LogP) is 1.32. The lowest BCUT2D eigenvalue weighted by Gasteiger charge is -2.18. The molecule has 0 aliphatic carbocycles. The number of thiazole rings is 1. The summed E-state index contributed by atoms with van der Waals surface area (Å²) in [7, 11) is -8.40. The standard InChI is InChI=1S/C12H12BrN3O5S3/c1-7-10(22-12(13)15-7)11(17)16(14)24(20,21)9-6-4-3-5-8(9)23(2,18)19/h3-6H,14H2,1-2H3. The third kappa shape index (κ3) is 3.52. The average Bonchev–Trinajstić information content (AvgIpc) is 2.83. The smallest absolute Gasteiger partial charge is 0.265 e. The number of hydrogen-bond acceptors (Lipinski definition) is 8. The van der Waals surface area contributed by atoms with Gasteiger partial charge >= 0.3 is 0 Å². The molecule has 1 aromatic carbocycles. The Labute approximate surface area is 151 Å². The van der Waals surface area contributed by atoms with Gasteiger partial charge in [-0.15, -0.1) is 11.3 Å². The van der Waals surface area contributed by atoms with Gasteiger partial charge in [-0.1, -0.05) is 12.1 Å². The van der Waals surface area contributed by atoms with Crippen molar-refractivity contribution in [3.63, 3.8) is 0 Å². The number of aromatic nitrogens is 1. The Bertz CT molecular complexity index is 1010. The van der Waals surface area contributed by atoms with Gasteiger partial charge < -0.3 is 0 Å². The molecule has 2 N–H and O–H groups in total. The van der Waals surface area contributed by atoms with Gasteiger partial charge in [-0.25, -0.2) is 19.2 Å². The second-order valence-corrected chi connectivity index (χ2v) is 10.7. The number of hydrazine groups is 1. The lowest BCUT2D eigenvalue weighted by atomic mass is 10.4. The third-order valence-corrected chi connectivity index (χ3v) is 7.43. The van der Waals surface area contributed by atoms with Crippen molar-refractivity contribution in [1.29, 1.82) is 0 Å². The maximum atomic E-state index is 12.6. The fourth-order valence-corrected chi connectivity index (χ4v) is 6.01. The summed E-state index contributed by atoms with van der Waals surface area (Å²) < 4.78 is 49.3. The molecular weight excluding hydrogens is 442 g/mol. The fourth-order valence-electron chi connectivity index (χ4n) is 1.85. The highest BCUT2D eigenvalue weighted by atomic mass is 79.9. The maximum Gasteiger partial charge on any atom is 0.294 e. The Morgan fingerprint density at radius 3 is 2.21 bits per heavy atom. The summed E-state index contributed by atoms with van der Waals surface area (Å²) in [6.07, 6.45) is 0.870. The topological polar surface area (TPSA) is 127 Å². The molecule has 8 nitrogen and oxygen atoms in total. The molecule has 1 amide bonds. The van der Waals surface area contributed by atoms with Crippen LogP contribution in [0.5, 0.6) is 0 Å². The first-order valence-corrected chi connectivity index (χ1v) is 11.2. The Morgan fingerprint density at radius 2 is 1.75 bits per heavy atom. The van der Waals surface area contributed by atoms with E-state index in [1.807, 2.05) is 0 Å². The van der Waals surface area contributed by atoms with Crippen molar-refractivity contribution in [3.05, 3.63) is 38.8 Å². The quantitative estimate of drug-likeness (QED) is 0.419. The molecule has 2 rings (SSSR count). The van der Waals surface area contributed by atoms with Crippen LogP contribution >= 0.6 is 27.3 Å². The first-order valence-electron chi connectivity index (χ1n) is 6.22. The first kappa shape index (κ1) is 19.0. The molecule has 1 aromatic heterocycles. The van der Waals surface area contributed by atoms with Gasteiger partial charge in [-0.3, -0.25) is 4.79 Å². The van der Waals surface area contributed by atoms with E-state index in [1.165, 1.54) is 19.1 Å². The average molecular weight is 454 g/mol. The number of sulfone groups is 1. The zero-order chi connectivity index (χ0) is 18.3. The minimum atomic E-state index is -4.56. The summed E-state index contributed by atoms with van der Waals surface area (Å²) in [6.45, 7) is 1.53. The van der Waals surface area contributed by atoms with Crippen molar-refractivity contribution in [1.82, 2.24) is 9.40 Å². The Hall–Kier alpha value is -1.34. The molecule has 24 heavy (non-hydrogen) atoms. The number of nitrogens with zero attached hydrogens (tertiary/aromatic N) is 2. The number of sulfonamides is 1. The monoisotopic (exact) mass is 453 g/mol. The van der Waals surface area contributed by atoms with Gasteiger partial charge in [-0.2, -0.15) is 12.8 Å². The van der Waals surface area contributed by atoms with Gasteiger partial charge in [0.05, 0.1) is 10.6 Å². The molecule has 0 atom stereocenters. The van der Waals surface area contributed by atoms with Crippen molar-refractivity contribution in [2.75, 3.05) is 6.26 Å². The van der Waals surface area contributed by atoms with Crippen molar-refractivity contribution in [2.24, 2.45) is 5.84 Å². The molecule has 0 bridgehead atoms. The predicted molar refractivity (Wildman–Crippen MR) is 91.6 cm³/mol. The molecule has 1 heterocycles. The largest absolute Gasteiger partial charge is 0.294 e. The summed E-state index contributed by atoms with van der Waals surface area (Å²) in [5.41, 5.74) is 0.305. The minimum absolute atomic E-state index is 0.0317. The van der Waals surface area contributed by atoms with E-state index in [0.29, 0.717) is 9.61 Å². The van der Waals surface area contributed by atoms with E-state index in [2.05, 4.69) is 20.9 Å². The summed E-state index contributed by atoms with van der Waals surface area (Å²) in [6, 6.07) is 4.93. The van der Waals surface area contributed by atoms with Crippen LogP contribution < -0.4 is 5.84 Å². The van der Waals surface area contributed by atoms with Crippen LogP contribution in [-0.2, 0) is 19.9 Å². The van der Waals surface area contributed by atoms with E-state index in [0.717, 1.165) is 29.7 Å². The van der Waals surface area contributed by atoms with Crippen molar-refractivity contribution in [3.8, 4) is 0 Å². The van der Waals surface area contributed by atoms with E-state index in [9.17, 15) is 21.6 Å². The number of rotatable bonds is 4. The normalized spacial score (nSPS) is 12.2. The lowest BCUT2D eigenvalue weighted by molar-refractivity contribution is 0.0864. The van der Waals surface area contributed by atoms with Crippen molar-refractivity contribution in [2.45, 2.75) is 16.7 Å². The number of hydrogen-bond donors (Lipinski definition) is 1. The molecule has 0 fully saturated rings. The lowest BCUT2D eigenvalue weighted by Crippen LogP contribution is -2.42. The highest BCUT2D eigenvalue weighted by Crippen LogP contribution is 2.27. The summed E-state index contributed by atoms with van der Waals surface area (Å²) in [5.74, 6) is 4.51. The van der Waals surface area contributed by atoms with Gasteiger partial charge in [0.15, 0.2) is 13.8 Å². The van der Waals surface area contributed by atoms with Crippen LogP contribution in [0.15, 0.2) is 38.0 Å². The molecule has 0 radical (unpaired) electrons. The second kappa shape index (κ2) is 6.52. The van der Waals surface area contributed by atoms with Crippen LogP contribution in [0.4, 0.5) is 0 Å². The molecule has 0 aliphatic heterocycles. The SMILES string of the molecule is Cc1nc(Br)sc1C(=O)N(N)S(=O)(=O)c1ccccc1S(C)(=O)=O. The Balaban J connectivity index is 2.56. The molecule has 0 saturated heterocycles. The molecule has 0 aliphatic rings. The van der Waals surface area contributed by atoms with Gasteiger partial charge in [0, 0.05) is 6.26 Å². The molecule has 0 saturated carbocycles.